The summed E-state index contributed by atoms with van der Waals surface area (Å²) in [5.41, 5.74) is 5.63. The van der Waals surface area contributed by atoms with E-state index in [1.54, 1.807) is 13.8 Å². The number of benzene rings is 3. The first kappa shape index (κ1) is 73.5. The highest BCUT2D eigenvalue weighted by molar-refractivity contribution is 6.00. The van der Waals surface area contributed by atoms with Crippen LogP contribution >= 0.6 is 0 Å². The Bertz CT molecular complexity index is 3340. The zero-order chi connectivity index (χ0) is 69.6. The van der Waals surface area contributed by atoms with Crippen LogP contribution in [0.25, 0.3) is 6.08 Å². The fraction of sp³-hybridized carbons (Fsp3) is 0.484. The zero-order valence-electron chi connectivity index (χ0n) is 52.4. The second kappa shape index (κ2) is 32.8. The second-order valence-electron chi connectivity index (χ2n) is 23.8. The van der Waals surface area contributed by atoms with Gasteiger partial charge in [0.15, 0.2) is 11.5 Å². The number of aromatic hydroxyl groups is 1. The van der Waals surface area contributed by atoms with Gasteiger partial charge in [-0.25, -0.2) is 4.79 Å². The Balaban J connectivity index is 1.52. The number of amides is 11. The number of hydrogen-bond donors (Lipinski definition) is 17. The Morgan fingerprint density at radius 3 is 2.03 bits per heavy atom. The lowest BCUT2D eigenvalue weighted by Crippen LogP contribution is -2.61. The third kappa shape index (κ3) is 19.5. The first-order chi connectivity index (χ1) is 44.2. The molecule has 0 radical (unpaired) electrons. The number of esters is 1. The molecule has 15 atom stereocenters. The molecule has 0 spiro atoms. The van der Waals surface area contributed by atoms with Crippen molar-refractivity contribution in [1.29, 1.82) is 0 Å². The molecule has 0 aliphatic carbocycles. The van der Waals surface area contributed by atoms with Gasteiger partial charge >= 0.3 is 5.97 Å². The molecule has 94 heavy (non-hydrogen) atoms. The minimum Gasteiger partial charge on any atom is -0.504 e. The Hall–Kier alpha value is -9.60. The van der Waals surface area contributed by atoms with E-state index in [0.29, 0.717) is 5.56 Å². The number of phenolic OH excluding ortho intramolecular Hbond substituents is 1. The number of nitrogens with two attached hydrogens (primary N) is 1. The number of aliphatic hydroxyl groups is 6. The number of carbonyl (C=O) groups excluding carboxylic acids is 12. The number of ether oxygens (including phenoxy) is 2. The highest BCUT2D eigenvalue weighted by Gasteiger charge is 2.44. The molecule has 3 aromatic rings. The van der Waals surface area contributed by atoms with Crippen molar-refractivity contribution >= 4 is 77.0 Å². The Morgan fingerprint density at radius 2 is 1.39 bits per heavy atom. The van der Waals surface area contributed by atoms with Crippen molar-refractivity contribution in [1.82, 2.24) is 52.8 Å². The summed E-state index contributed by atoms with van der Waals surface area (Å²) >= 11 is 0. The number of aliphatic hydroxyl groups excluding tert-OH is 6. The Morgan fingerprint density at radius 1 is 0.723 bits per heavy atom. The lowest BCUT2D eigenvalue weighted by atomic mass is 9.98. The first-order valence-electron chi connectivity index (χ1n) is 30.2. The van der Waals surface area contributed by atoms with Crippen LogP contribution in [-0.2, 0) is 62.3 Å². The molecule has 5 aliphatic heterocycles. The fourth-order valence-electron chi connectivity index (χ4n) is 10.4. The van der Waals surface area contributed by atoms with Gasteiger partial charge in [0, 0.05) is 12.6 Å². The van der Waals surface area contributed by atoms with E-state index < -0.39 is 193 Å². The van der Waals surface area contributed by atoms with Crippen molar-refractivity contribution in [3.05, 3.63) is 95.1 Å². The number of primary amides is 1. The fourth-order valence-corrected chi connectivity index (χ4v) is 10.4. The molecular formula is C62H81N11O21. The van der Waals surface area contributed by atoms with Crippen LogP contribution in [0, 0.1) is 11.8 Å². The van der Waals surface area contributed by atoms with Gasteiger partial charge in [0.25, 0.3) is 5.91 Å². The minimum atomic E-state index is -2.61. The Labute approximate surface area is 539 Å². The van der Waals surface area contributed by atoms with Crippen LogP contribution in [0.3, 0.4) is 0 Å². The molecule has 3 aromatic carbocycles. The van der Waals surface area contributed by atoms with Crippen molar-refractivity contribution < 1.29 is 103 Å². The molecule has 0 aromatic heterocycles. The summed E-state index contributed by atoms with van der Waals surface area (Å²) in [4.78, 5) is 171. The molecule has 2 saturated heterocycles. The van der Waals surface area contributed by atoms with Crippen molar-refractivity contribution in [2.75, 3.05) is 13.1 Å². The SMILES string of the molecule is CC(C)CC1NC(=O)C2CCCN2C(=O)C(C(O)C(C)C)NC(=O)CNC(=O)C(C(C)O)NC(=O)C2NC(=O)C(NC(=O)/C=C/c3cccc(C(O)C(C)O)c3)C(C)OC(=O)C(CC(N)=O)NC(=O)C(NC(=O)C(O)NC1=O)C(O)c1ccc(O)c(c1)Oc1ccc2cc1. The monoisotopic (exact) mass is 1320 g/mol. The van der Waals surface area contributed by atoms with Crippen LogP contribution in [0.15, 0.2) is 72.8 Å². The maximum atomic E-state index is 14.9. The number of hydrogen-bond acceptors (Lipinski definition) is 21. The summed E-state index contributed by atoms with van der Waals surface area (Å²) < 4.78 is 11.6. The normalized spacial score (nSPS) is 26.5. The van der Waals surface area contributed by atoms with Crippen molar-refractivity contribution in [2.45, 2.75) is 165 Å². The number of nitrogens with zero attached hydrogens (tertiary/aromatic N) is 1. The van der Waals surface area contributed by atoms with E-state index in [0.717, 1.165) is 43.0 Å². The molecule has 18 N–H and O–H groups in total. The van der Waals surface area contributed by atoms with Gasteiger partial charge in [-0.05, 0) is 111 Å². The van der Waals surface area contributed by atoms with Crippen LogP contribution in [0.1, 0.15) is 115 Å². The van der Waals surface area contributed by atoms with Gasteiger partial charge in [0.1, 0.15) is 72.4 Å². The van der Waals surface area contributed by atoms with E-state index in [1.807, 2.05) is 5.32 Å². The van der Waals surface area contributed by atoms with Crippen LogP contribution in [0.2, 0.25) is 0 Å². The van der Waals surface area contributed by atoms with Gasteiger partial charge in [0.05, 0.1) is 31.3 Å². The van der Waals surface area contributed by atoms with E-state index in [9.17, 15) is 93.3 Å². The number of phenols is 1. The van der Waals surface area contributed by atoms with Crippen LogP contribution < -0.4 is 58.3 Å². The van der Waals surface area contributed by atoms with E-state index in [-0.39, 0.29) is 54.2 Å². The molecule has 2 fully saturated rings. The first-order valence-corrected chi connectivity index (χ1v) is 30.2. The van der Waals surface area contributed by atoms with Crippen molar-refractivity contribution in [3.8, 4) is 17.2 Å². The summed E-state index contributed by atoms with van der Waals surface area (Å²) in [6, 6.07) is -1.34. The quantitative estimate of drug-likeness (QED) is 0.0470. The van der Waals surface area contributed by atoms with Gasteiger partial charge in [0.2, 0.25) is 65.3 Å². The third-order valence-corrected chi connectivity index (χ3v) is 15.5. The molecule has 32 nitrogen and oxygen atoms in total. The van der Waals surface area contributed by atoms with Crippen LogP contribution in [-0.4, -0.2) is 198 Å². The average molecular weight is 1320 g/mol. The molecule has 0 saturated carbocycles. The lowest BCUT2D eigenvalue weighted by Gasteiger charge is -2.33. The summed E-state index contributed by atoms with van der Waals surface area (Å²) in [5, 5.41) is 98.0. The van der Waals surface area contributed by atoms with E-state index in [2.05, 4.69) is 42.5 Å². The smallest absolute Gasteiger partial charge is 0.329 e. The van der Waals surface area contributed by atoms with Gasteiger partial charge in [-0.1, -0.05) is 64.1 Å². The highest BCUT2D eigenvalue weighted by Crippen LogP contribution is 2.35. The molecule has 5 heterocycles. The van der Waals surface area contributed by atoms with E-state index in [1.165, 1.54) is 75.4 Å². The summed E-state index contributed by atoms with van der Waals surface area (Å²) in [6.07, 6.45) is -11.6. The van der Waals surface area contributed by atoms with Gasteiger partial charge in [-0.15, -0.1) is 0 Å². The number of nitrogens with one attached hydrogen (secondary N) is 9. The summed E-state index contributed by atoms with van der Waals surface area (Å²) in [5.74, 6) is -17.2. The van der Waals surface area contributed by atoms with Crippen LogP contribution in [0.4, 0.5) is 0 Å². The van der Waals surface area contributed by atoms with Gasteiger partial charge in [-0.3, -0.25) is 52.7 Å². The maximum absolute atomic E-state index is 14.9. The Kier molecular flexibility index (Phi) is 25.6. The van der Waals surface area contributed by atoms with E-state index >= 15 is 0 Å². The second-order valence-corrected chi connectivity index (χ2v) is 23.8. The summed E-state index contributed by atoms with van der Waals surface area (Å²) in [6.45, 7) is 8.83. The molecule has 6 bridgehead atoms. The molecule has 510 valence electrons. The number of rotatable bonds is 12. The molecular weight excluding hydrogens is 1230 g/mol. The predicted octanol–water partition coefficient (Wildman–Crippen LogP) is -3.77. The number of fused-ring (bicyclic) bond motifs is 17. The van der Waals surface area contributed by atoms with E-state index in [4.69, 9.17) is 15.2 Å². The maximum Gasteiger partial charge on any atom is 0.329 e. The average Bonchev–Trinajstić information content (AvgIpc) is 1.30. The molecule has 5 aliphatic rings. The highest BCUT2D eigenvalue weighted by atomic mass is 16.5. The van der Waals surface area contributed by atoms with Crippen molar-refractivity contribution in [3.63, 3.8) is 0 Å². The molecule has 8 rings (SSSR count). The lowest BCUT2D eigenvalue weighted by molar-refractivity contribution is -0.157. The number of carbonyl (C=O) groups is 12. The molecule has 15 unspecified atom stereocenters. The minimum absolute atomic E-state index is 0.0121. The largest absolute Gasteiger partial charge is 0.504 e. The van der Waals surface area contributed by atoms with Gasteiger partial charge in [-0.2, -0.15) is 0 Å². The molecule has 11 amide bonds. The standard InChI is InChI=1S/C62H81N11O21/c1-27(2)22-37-53(83)72-60(90)59(89)71-48-52(82)35-16-19-40(76)41(24-35)94-36-17-14-33(15-18-36)47(57(87)69-45(29(5)74)55(85)64-26-44(79)68-49(50(80)28(3)4)61(91)73-21-9-12-39(73)54(84)65-37)70-56(86)46(31(7)93-62(92)38(25-42(63)77)66-58(48)88)67-43(78)20-13-32-10-8-11-34(23-32)51(81)30(6)75/h8,10-11,13-20,23-24,27-31,37-39,45-52,60,74-76,80-82,90H,9,12,21-22,25-26H2,1-7H3,(H2,63,77)(H,64,85)(H,65,84)(H,66,88)(H,67,78)(H,68,79)(H,69,87)(H,70,86)(H,71,89)(H,72,83)/b20-13+. The third-order valence-electron chi connectivity index (χ3n) is 15.5. The van der Waals surface area contributed by atoms with Crippen LogP contribution in [0.5, 0.6) is 17.2 Å². The topological polar surface area (TPSA) is 502 Å². The van der Waals surface area contributed by atoms with Crippen molar-refractivity contribution in [2.24, 2.45) is 17.6 Å². The van der Waals surface area contributed by atoms with Gasteiger partial charge < -0.3 is 104 Å². The summed E-state index contributed by atoms with van der Waals surface area (Å²) in [7, 11) is 0. The zero-order valence-corrected chi connectivity index (χ0v) is 52.4. The molecule has 32 heteroatoms. The predicted molar refractivity (Wildman–Crippen MR) is 327 cm³/mol.